The standard InChI is InChI=1S/C27H34N2O6/c1-6-34-20-11-8-10-19(16-20)25(30)23-24(18-12-13-21(35-7-2)22(17-18)33-5)29(27(32)26(23)31)15-9-14-28(3)4/h8,10-13,16-17,24,30H,6-7,9,14-15H2,1-5H3/b25-23+. The molecule has 0 radical (unpaired) electrons. The van der Waals surface area contributed by atoms with Crippen LogP contribution in [0.15, 0.2) is 48.0 Å². The van der Waals surface area contributed by atoms with Gasteiger partial charge in [-0.1, -0.05) is 18.2 Å². The van der Waals surface area contributed by atoms with Gasteiger partial charge in [0.25, 0.3) is 11.7 Å². The summed E-state index contributed by atoms with van der Waals surface area (Å²) in [6, 6.07) is 11.4. The van der Waals surface area contributed by atoms with E-state index in [1.165, 1.54) is 12.0 Å². The average molecular weight is 483 g/mol. The molecule has 1 N–H and O–H groups in total. The second kappa shape index (κ2) is 11.8. The SMILES string of the molecule is CCOc1cccc(/C(O)=C2\C(=O)C(=O)N(CCCN(C)C)C2c2ccc(OCC)c(OC)c2)c1. The molecule has 0 bridgehead atoms. The lowest BCUT2D eigenvalue weighted by atomic mass is 9.95. The third kappa shape index (κ3) is 5.77. The van der Waals surface area contributed by atoms with Crippen molar-refractivity contribution in [2.45, 2.75) is 26.3 Å². The van der Waals surface area contributed by atoms with E-state index in [2.05, 4.69) is 0 Å². The first-order chi connectivity index (χ1) is 16.8. The van der Waals surface area contributed by atoms with Crippen LogP contribution in [0.25, 0.3) is 5.76 Å². The normalized spacial score (nSPS) is 17.2. The van der Waals surface area contributed by atoms with Crippen molar-refractivity contribution < 1.29 is 28.9 Å². The minimum atomic E-state index is -0.766. The highest BCUT2D eigenvalue weighted by atomic mass is 16.5. The molecule has 1 fully saturated rings. The van der Waals surface area contributed by atoms with Crippen molar-refractivity contribution in [3.05, 3.63) is 59.2 Å². The quantitative estimate of drug-likeness (QED) is 0.296. The molecule has 1 amide bonds. The molecule has 8 nitrogen and oxygen atoms in total. The van der Waals surface area contributed by atoms with E-state index in [0.717, 1.165) is 6.54 Å². The summed E-state index contributed by atoms with van der Waals surface area (Å²) < 4.78 is 16.7. The zero-order chi connectivity index (χ0) is 25.5. The monoisotopic (exact) mass is 482 g/mol. The first-order valence-corrected chi connectivity index (χ1v) is 11.8. The Labute approximate surface area is 206 Å². The number of ether oxygens (including phenoxy) is 3. The summed E-state index contributed by atoms with van der Waals surface area (Å²) in [7, 11) is 5.44. The van der Waals surface area contributed by atoms with E-state index in [1.54, 1.807) is 42.5 Å². The van der Waals surface area contributed by atoms with Gasteiger partial charge in [0, 0.05) is 12.1 Å². The molecule has 1 atom stereocenters. The Morgan fingerprint density at radius 3 is 2.43 bits per heavy atom. The number of aliphatic hydroxyl groups is 1. The first-order valence-electron chi connectivity index (χ1n) is 11.8. The number of methoxy groups -OCH3 is 1. The van der Waals surface area contributed by atoms with Gasteiger partial charge in [0.1, 0.15) is 11.5 Å². The zero-order valence-electron chi connectivity index (χ0n) is 21.0. The van der Waals surface area contributed by atoms with Gasteiger partial charge < -0.3 is 29.1 Å². The van der Waals surface area contributed by atoms with Crippen LogP contribution in [0.3, 0.4) is 0 Å². The number of rotatable bonds is 11. The Bertz CT molecular complexity index is 1090. The molecule has 1 heterocycles. The minimum absolute atomic E-state index is 0.0414. The number of hydrogen-bond acceptors (Lipinski definition) is 7. The number of nitrogens with zero attached hydrogens (tertiary/aromatic N) is 2. The molecule has 2 aromatic rings. The summed E-state index contributed by atoms with van der Waals surface area (Å²) in [5.41, 5.74) is 1.10. The summed E-state index contributed by atoms with van der Waals surface area (Å²) in [4.78, 5) is 29.9. The van der Waals surface area contributed by atoms with Crippen LogP contribution in [0.1, 0.15) is 37.4 Å². The zero-order valence-corrected chi connectivity index (χ0v) is 21.0. The van der Waals surface area contributed by atoms with Gasteiger partial charge in [-0.15, -0.1) is 0 Å². The predicted octanol–water partition coefficient (Wildman–Crippen LogP) is 3.87. The molecule has 0 aliphatic carbocycles. The number of hydrogen-bond donors (Lipinski definition) is 1. The lowest BCUT2D eigenvalue weighted by Crippen LogP contribution is -2.32. The van der Waals surface area contributed by atoms with Gasteiger partial charge in [-0.2, -0.15) is 0 Å². The highest BCUT2D eigenvalue weighted by molar-refractivity contribution is 6.46. The van der Waals surface area contributed by atoms with Crippen LogP contribution in [0.4, 0.5) is 0 Å². The predicted molar refractivity (Wildman–Crippen MR) is 134 cm³/mol. The van der Waals surface area contributed by atoms with E-state index in [-0.39, 0.29) is 11.3 Å². The number of benzene rings is 2. The largest absolute Gasteiger partial charge is 0.507 e. The molecule has 3 rings (SSSR count). The lowest BCUT2D eigenvalue weighted by molar-refractivity contribution is -0.139. The molecule has 1 aliphatic heterocycles. The molecule has 0 aromatic heterocycles. The van der Waals surface area contributed by atoms with Crippen molar-refractivity contribution in [1.82, 2.24) is 9.80 Å². The fraction of sp³-hybridized carbons (Fsp3) is 0.407. The van der Waals surface area contributed by atoms with Gasteiger partial charge in [-0.05, 0) is 70.7 Å². The third-order valence-electron chi connectivity index (χ3n) is 5.77. The van der Waals surface area contributed by atoms with Gasteiger partial charge in [-0.25, -0.2) is 0 Å². The Kier molecular flexibility index (Phi) is 8.76. The van der Waals surface area contributed by atoms with Crippen LogP contribution in [-0.4, -0.2) is 74.1 Å². The van der Waals surface area contributed by atoms with E-state index in [4.69, 9.17) is 14.2 Å². The van der Waals surface area contributed by atoms with Crippen molar-refractivity contribution in [2.24, 2.45) is 0 Å². The van der Waals surface area contributed by atoms with E-state index in [1.807, 2.05) is 32.8 Å². The van der Waals surface area contributed by atoms with Crippen LogP contribution in [0.2, 0.25) is 0 Å². The molecule has 1 aliphatic rings. The van der Waals surface area contributed by atoms with E-state index < -0.39 is 17.7 Å². The summed E-state index contributed by atoms with van der Waals surface area (Å²) in [5, 5.41) is 11.3. The van der Waals surface area contributed by atoms with Gasteiger partial charge in [0.05, 0.1) is 31.9 Å². The highest BCUT2D eigenvalue weighted by Gasteiger charge is 2.46. The highest BCUT2D eigenvalue weighted by Crippen LogP contribution is 2.42. The Morgan fingerprint density at radius 2 is 1.77 bits per heavy atom. The molecular weight excluding hydrogens is 448 g/mol. The molecule has 35 heavy (non-hydrogen) atoms. The number of ketones is 1. The maximum Gasteiger partial charge on any atom is 0.295 e. The molecule has 0 saturated carbocycles. The molecule has 1 saturated heterocycles. The Balaban J connectivity index is 2.13. The number of carbonyl (C=O) groups is 2. The fourth-order valence-corrected chi connectivity index (χ4v) is 4.20. The molecular formula is C27H34N2O6. The smallest absolute Gasteiger partial charge is 0.295 e. The summed E-state index contributed by atoms with van der Waals surface area (Å²) >= 11 is 0. The van der Waals surface area contributed by atoms with Crippen molar-refractivity contribution in [2.75, 3.05) is 47.5 Å². The number of amides is 1. The summed E-state index contributed by atoms with van der Waals surface area (Å²) in [6.45, 7) is 5.78. The number of likely N-dealkylation sites (tertiary alicyclic amines) is 1. The van der Waals surface area contributed by atoms with Crippen LogP contribution in [0.5, 0.6) is 17.2 Å². The lowest BCUT2D eigenvalue weighted by Gasteiger charge is -2.26. The molecule has 2 aromatic carbocycles. The number of Topliss-reactive ketones (excluding diaryl/α,β-unsaturated/α-hetero) is 1. The van der Waals surface area contributed by atoms with Gasteiger partial charge >= 0.3 is 0 Å². The second-order valence-corrected chi connectivity index (χ2v) is 8.45. The van der Waals surface area contributed by atoms with E-state index in [9.17, 15) is 14.7 Å². The Morgan fingerprint density at radius 1 is 1.03 bits per heavy atom. The second-order valence-electron chi connectivity index (χ2n) is 8.45. The number of aliphatic hydroxyl groups excluding tert-OH is 1. The van der Waals surface area contributed by atoms with E-state index in [0.29, 0.717) is 54.6 Å². The molecule has 188 valence electrons. The van der Waals surface area contributed by atoms with Gasteiger partial charge in [0.2, 0.25) is 0 Å². The van der Waals surface area contributed by atoms with Gasteiger partial charge in [0.15, 0.2) is 11.5 Å². The molecule has 8 heteroatoms. The van der Waals surface area contributed by atoms with Crippen LogP contribution in [-0.2, 0) is 9.59 Å². The van der Waals surface area contributed by atoms with Crippen LogP contribution < -0.4 is 14.2 Å². The van der Waals surface area contributed by atoms with Crippen molar-refractivity contribution in [1.29, 1.82) is 0 Å². The molecule has 1 unspecified atom stereocenters. The van der Waals surface area contributed by atoms with Crippen molar-refractivity contribution in [3.8, 4) is 17.2 Å². The average Bonchev–Trinajstić information content (AvgIpc) is 3.09. The maximum absolute atomic E-state index is 13.2. The van der Waals surface area contributed by atoms with Gasteiger partial charge in [-0.3, -0.25) is 9.59 Å². The number of carbonyl (C=O) groups excluding carboxylic acids is 2. The van der Waals surface area contributed by atoms with Crippen molar-refractivity contribution >= 4 is 17.4 Å². The maximum atomic E-state index is 13.2. The Hall–Kier alpha value is -3.52. The topological polar surface area (TPSA) is 88.5 Å². The minimum Gasteiger partial charge on any atom is -0.507 e. The van der Waals surface area contributed by atoms with Crippen molar-refractivity contribution in [3.63, 3.8) is 0 Å². The first kappa shape index (κ1) is 26.1. The summed E-state index contributed by atoms with van der Waals surface area (Å²) in [5.74, 6) is 0.0272. The third-order valence-corrected chi connectivity index (χ3v) is 5.77. The van der Waals surface area contributed by atoms with Crippen LogP contribution >= 0.6 is 0 Å². The summed E-state index contributed by atoms with van der Waals surface area (Å²) in [6.07, 6.45) is 0.671. The van der Waals surface area contributed by atoms with Crippen LogP contribution in [0, 0.1) is 0 Å². The molecule has 0 spiro atoms. The van der Waals surface area contributed by atoms with E-state index >= 15 is 0 Å². The fourth-order valence-electron chi connectivity index (χ4n) is 4.20.